The minimum atomic E-state index is -0.812. The van der Waals surface area contributed by atoms with Gasteiger partial charge in [0.05, 0.1) is 10.7 Å². The molecule has 2 nitrogen and oxygen atoms in total. The Hall–Kier alpha value is -0.410. The van der Waals surface area contributed by atoms with Crippen LogP contribution in [-0.4, -0.2) is 10.1 Å². The first-order chi connectivity index (χ1) is 5.82. The molecule has 0 atom stereocenters. The molecule has 74 valence electrons. The molecule has 1 N–H and O–H groups in total. The second-order valence-corrected chi connectivity index (χ2v) is 5.41. The number of aryl methyl sites for hydroxylation is 1. The maximum Gasteiger partial charge on any atom is 0.102 e. The fraction of sp³-hybridized carbons (Fsp3) is 0.700. The molecular weight excluding hydrogens is 182 g/mol. The molecule has 0 saturated carbocycles. The zero-order chi connectivity index (χ0) is 10.2. The van der Waals surface area contributed by atoms with E-state index < -0.39 is 5.60 Å². The lowest BCUT2D eigenvalue weighted by Gasteiger charge is -2.14. The van der Waals surface area contributed by atoms with Gasteiger partial charge in [-0.1, -0.05) is 13.8 Å². The second-order valence-electron chi connectivity index (χ2n) is 4.17. The van der Waals surface area contributed by atoms with Crippen molar-refractivity contribution in [1.29, 1.82) is 0 Å². The molecule has 0 unspecified atom stereocenters. The Morgan fingerprint density at radius 1 is 1.38 bits per heavy atom. The summed E-state index contributed by atoms with van der Waals surface area (Å²) in [6.45, 7) is 9.80. The van der Waals surface area contributed by atoms with E-state index in [0.717, 1.165) is 15.6 Å². The van der Waals surface area contributed by atoms with Crippen molar-refractivity contribution in [3.63, 3.8) is 0 Å². The second kappa shape index (κ2) is 3.39. The van der Waals surface area contributed by atoms with E-state index in [0.29, 0.717) is 5.92 Å². The predicted molar refractivity (Wildman–Crippen MR) is 56.2 cm³/mol. The first kappa shape index (κ1) is 10.7. The average Bonchev–Trinajstić information content (AvgIpc) is 2.29. The first-order valence-electron chi connectivity index (χ1n) is 4.52. The summed E-state index contributed by atoms with van der Waals surface area (Å²) < 4.78 is 0. The van der Waals surface area contributed by atoms with Gasteiger partial charge in [-0.2, -0.15) is 0 Å². The molecule has 0 amide bonds. The van der Waals surface area contributed by atoms with Crippen LogP contribution in [0.4, 0.5) is 0 Å². The molecule has 1 aromatic rings. The van der Waals surface area contributed by atoms with E-state index in [9.17, 15) is 5.11 Å². The molecule has 1 rings (SSSR count). The number of thiazole rings is 1. The molecule has 0 spiro atoms. The SMILES string of the molecule is Cc1sc(C(C)C)nc1C(C)(C)O. The zero-order valence-corrected chi connectivity index (χ0v) is 9.70. The predicted octanol–water partition coefficient (Wildman–Crippen LogP) is 2.80. The van der Waals surface area contributed by atoms with Gasteiger partial charge in [-0.05, 0) is 20.8 Å². The van der Waals surface area contributed by atoms with Gasteiger partial charge in [0.15, 0.2) is 0 Å². The third kappa shape index (κ3) is 2.29. The molecule has 0 aliphatic rings. The highest BCUT2D eigenvalue weighted by molar-refractivity contribution is 7.11. The first-order valence-corrected chi connectivity index (χ1v) is 5.34. The van der Waals surface area contributed by atoms with Gasteiger partial charge in [-0.25, -0.2) is 4.98 Å². The van der Waals surface area contributed by atoms with E-state index in [-0.39, 0.29) is 0 Å². The molecule has 13 heavy (non-hydrogen) atoms. The van der Waals surface area contributed by atoms with E-state index in [1.807, 2.05) is 6.92 Å². The van der Waals surface area contributed by atoms with Crippen molar-refractivity contribution in [2.24, 2.45) is 0 Å². The van der Waals surface area contributed by atoms with Crippen LogP contribution >= 0.6 is 11.3 Å². The minimum absolute atomic E-state index is 0.444. The number of hydrogen-bond acceptors (Lipinski definition) is 3. The fourth-order valence-corrected chi connectivity index (χ4v) is 2.31. The maximum atomic E-state index is 9.81. The quantitative estimate of drug-likeness (QED) is 0.794. The number of aromatic nitrogens is 1. The smallest absolute Gasteiger partial charge is 0.102 e. The van der Waals surface area contributed by atoms with Crippen LogP contribution in [0.25, 0.3) is 0 Å². The summed E-state index contributed by atoms with van der Waals surface area (Å²) in [5.41, 5.74) is 0.00877. The van der Waals surface area contributed by atoms with Crippen LogP contribution in [0.2, 0.25) is 0 Å². The van der Waals surface area contributed by atoms with Crippen LogP contribution in [0.1, 0.15) is 49.2 Å². The Morgan fingerprint density at radius 3 is 2.15 bits per heavy atom. The van der Waals surface area contributed by atoms with Gasteiger partial charge >= 0.3 is 0 Å². The largest absolute Gasteiger partial charge is 0.384 e. The molecule has 3 heteroatoms. The Kier molecular flexibility index (Phi) is 2.78. The number of rotatable bonds is 2. The van der Waals surface area contributed by atoms with Crippen molar-refractivity contribution in [3.05, 3.63) is 15.6 Å². The van der Waals surface area contributed by atoms with Crippen LogP contribution in [0, 0.1) is 6.92 Å². The highest BCUT2D eigenvalue weighted by atomic mass is 32.1. The third-order valence-electron chi connectivity index (χ3n) is 1.89. The van der Waals surface area contributed by atoms with Crippen LogP contribution < -0.4 is 0 Å². The van der Waals surface area contributed by atoms with Crippen LogP contribution in [0.15, 0.2) is 0 Å². The monoisotopic (exact) mass is 199 g/mol. The van der Waals surface area contributed by atoms with Crippen molar-refractivity contribution >= 4 is 11.3 Å². The lowest BCUT2D eigenvalue weighted by atomic mass is 10.1. The van der Waals surface area contributed by atoms with Gasteiger partial charge in [0.1, 0.15) is 5.60 Å². The van der Waals surface area contributed by atoms with E-state index in [2.05, 4.69) is 18.8 Å². The van der Waals surface area contributed by atoms with E-state index in [1.165, 1.54) is 0 Å². The molecule has 1 aromatic heterocycles. The summed E-state index contributed by atoms with van der Waals surface area (Å²) in [5.74, 6) is 0.444. The van der Waals surface area contributed by atoms with Crippen molar-refractivity contribution in [2.45, 2.75) is 46.1 Å². The number of hydrogen-bond donors (Lipinski definition) is 1. The van der Waals surface area contributed by atoms with Gasteiger partial charge in [-0.15, -0.1) is 11.3 Å². The number of nitrogens with zero attached hydrogens (tertiary/aromatic N) is 1. The van der Waals surface area contributed by atoms with Crippen molar-refractivity contribution in [1.82, 2.24) is 4.98 Å². The number of aliphatic hydroxyl groups is 1. The van der Waals surface area contributed by atoms with Crippen LogP contribution in [0.3, 0.4) is 0 Å². The molecule has 0 bridgehead atoms. The van der Waals surface area contributed by atoms with Crippen molar-refractivity contribution in [2.75, 3.05) is 0 Å². The Bertz CT molecular complexity index is 296. The van der Waals surface area contributed by atoms with E-state index in [4.69, 9.17) is 0 Å². The van der Waals surface area contributed by atoms with Gasteiger partial charge < -0.3 is 5.11 Å². The molecule has 0 aliphatic heterocycles. The highest BCUT2D eigenvalue weighted by Gasteiger charge is 2.23. The maximum absolute atomic E-state index is 9.81. The topological polar surface area (TPSA) is 33.1 Å². The molecule has 0 radical (unpaired) electrons. The normalized spacial score (nSPS) is 12.5. The summed E-state index contributed by atoms with van der Waals surface area (Å²) in [6.07, 6.45) is 0. The Morgan fingerprint density at radius 2 is 1.92 bits per heavy atom. The van der Waals surface area contributed by atoms with Crippen molar-refractivity contribution < 1.29 is 5.11 Å². The van der Waals surface area contributed by atoms with Gasteiger partial charge in [0, 0.05) is 10.8 Å². The van der Waals surface area contributed by atoms with Gasteiger partial charge in [0.2, 0.25) is 0 Å². The summed E-state index contributed by atoms with van der Waals surface area (Å²) in [5, 5.41) is 10.9. The fourth-order valence-electron chi connectivity index (χ4n) is 1.23. The Balaban J connectivity index is 3.11. The minimum Gasteiger partial charge on any atom is -0.384 e. The lowest BCUT2D eigenvalue weighted by molar-refractivity contribution is 0.0737. The molecule has 0 aromatic carbocycles. The Labute approximate surface area is 83.6 Å². The standard InChI is InChI=1S/C10H17NOS/c1-6(2)9-11-8(7(3)13-9)10(4,5)12/h6,12H,1-5H3. The van der Waals surface area contributed by atoms with Gasteiger partial charge in [-0.3, -0.25) is 0 Å². The summed E-state index contributed by atoms with van der Waals surface area (Å²) in [4.78, 5) is 5.57. The highest BCUT2D eigenvalue weighted by Crippen LogP contribution is 2.30. The van der Waals surface area contributed by atoms with E-state index >= 15 is 0 Å². The summed E-state index contributed by atoms with van der Waals surface area (Å²) in [6, 6.07) is 0. The molecule has 0 saturated heterocycles. The summed E-state index contributed by atoms with van der Waals surface area (Å²) in [7, 11) is 0. The molecule has 0 aliphatic carbocycles. The third-order valence-corrected chi connectivity index (χ3v) is 3.16. The molecular formula is C10H17NOS. The van der Waals surface area contributed by atoms with Gasteiger partial charge in [0.25, 0.3) is 0 Å². The van der Waals surface area contributed by atoms with Crippen LogP contribution in [-0.2, 0) is 5.60 Å². The summed E-state index contributed by atoms with van der Waals surface area (Å²) >= 11 is 1.68. The average molecular weight is 199 g/mol. The van der Waals surface area contributed by atoms with Crippen LogP contribution in [0.5, 0.6) is 0 Å². The van der Waals surface area contributed by atoms with Crippen molar-refractivity contribution in [3.8, 4) is 0 Å². The van der Waals surface area contributed by atoms with E-state index in [1.54, 1.807) is 25.2 Å². The lowest BCUT2D eigenvalue weighted by Crippen LogP contribution is -2.17. The molecule has 0 fully saturated rings. The zero-order valence-electron chi connectivity index (χ0n) is 8.88. The molecule has 1 heterocycles.